The van der Waals surface area contributed by atoms with Gasteiger partial charge in [0.2, 0.25) is 0 Å². The van der Waals surface area contributed by atoms with E-state index in [1.807, 2.05) is 25.7 Å². The molecule has 1 saturated heterocycles. The number of morpholine rings is 1. The molecule has 0 radical (unpaired) electrons. The van der Waals surface area contributed by atoms with Crippen molar-refractivity contribution >= 4 is 17.6 Å². The second-order valence-corrected chi connectivity index (χ2v) is 7.65. The first-order valence-corrected chi connectivity index (χ1v) is 9.45. The molecular formula is C20H27FN2O4. The predicted molar refractivity (Wildman–Crippen MR) is 98.7 cm³/mol. The maximum Gasteiger partial charge on any atom is 0.309 e. The van der Waals surface area contributed by atoms with Crippen LogP contribution in [0.3, 0.4) is 0 Å². The summed E-state index contributed by atoms with van der Waals surface area (Å²) in [7, 11) is 0. The smallest absolute Gasteiger partial charge is 0.309 e. The normalized spacial score (nSPS) is 27.2. The Morgan fingerprint density at radius 3 is 2.52 bits per heavy atom. The van der Waals surface area contributed by atoms with E-state index in [1.54, 1.807) is 12.1 Å². The fourth-order valence-corrected chi connectivity index (χ4v) is 3.44. The Hall–Kier alpha value is -2.15. The first-order valence-electron chi connectivity index (χ1n) is 9.45. The van der Waals surface area contributed by atoms with Gasteiger partial charge in [-0.05, 0) is 43.9 Å². The van der Waals surface area contributed by atoms with E-state index in [0.717, 1.165) is 6.42 Å². The van der Waals surface area contributed by atoms with Crippen LogP contribution in [0.25, 0.3) is 0 Å². The van der Waals surface area contributed by atoms with E-state index in [-0.39, 0.29) is 43.1 Å². The highest BCUT2D eigenvalue weighted by molar-refractivity contribution is 5.82. The van der Waals surface area contributed by atoms with Crippen LogP contribution in [-0.4, -0.2) is 43.8 Å². The van der Waals surface area contributed by atoms with Crippen LogP contribution in [0, 0.1) is 17.7 Å². The van der Waals surface area contributed by atoms with Crippen LogP contribution >= 0.6 is 0 Å². The van der Waals surface area contributed by atoms with Crippen molar-refractivity contribution < 1.29 is 23.5 Å². The Bertz CT molecular complexity index is 701. The lowest BCUT2D eigenvalue weighted by Crippen LogP contribution is -2.45. The summed E-state index contributed by atoms with van der Waals surface area (Å²) in [5.74, 6) is -0.749. The zero-order valence-corrected chi connectivity index (χ0v) is 16.0. The molecule has 2 fully saturated rings. The van der Waals surface area contributed by atoms with Crippen molar-refractivity contribution in [2.45, 2.75) is 45.9 Å². The number of carbonyl (C=O) groups is 2. The molecule has 148 valence electrons. The first kappa shape index (κ1) is 19.6. The number of ether oxygens (including phenoxy) is 2. The third-order valence-corrected chi connectivity index (χ3v) is 5.02. The predicted octanol–water partition coefficient (Wildman–Crippen LogP) is 2.25. The van der Waals surface area contributed by atoms with Gasteiger partial charge in [0.05, 0.1) is 23.8 Å². The van der Waals surface area contributed by atoms with E-state index in [2.05, 4.69) is 5.32 Å². The molecule has 2 aliphatic rings. The standard InChI is InChI=1S/C20H27FN2O4/c1-12-6-16(12)20(25)26-11-19(24)22-8-15-4-5-18(17(21)7-15)23-9-13(2)27-14(3)10-23/h4-5,7,12-14,16H,6,8-11H2,1-3H3,(H,22,24). The topological polar surface area (TPSA) is 67.9 Å². The van der Waals surface area contributed by atoms with Crippen molar-refractivity contribution in [1.82, 2.24) is 5.32 Å². The summed E-state index contributed by atoms with van der Waals surface area (Å²) >= 11 is 0. The second-order valence-electron chi connectivity index (χ2n) is 7.65. The molecule has 1 aromatic rings. The molecule has 1 amide bonds. The van der Waals surface area contributed by atoms with E-state index in [4.69, 9.17) is 9.47 Å². The first-order chi connectivity index (χ1) is 12.8. The van der Waals surface area contributed by atoms with Crippen LogP contribution in [0.1, 0.15) is 32.8 Å². The second kappa shape index (κ2) is 8.25. The van der Waals surface area contributed by atoms with Crippen molar-refractivity contribution in [1.29, 1.82) is 0 Å². The van der Waals surface area contributed by atoms with E-state index < -0.39 is 5.91 Å². The maximum absolute atomic E-state index is 14.5. The monoisotopic (exact) mass is 378 g/mol. The third-order valence-electron chi connectivity index (χ3n) is 5.02. The minimum absolute atomic E-state index is 0.0495. The van der Waals surface area contributed by atoms with Gasteiger partial charge in [0, 0.05) is 19.6 Å². The number of hydrogen-bond donors (Lipinski definition) is 1. The largest absolute Gasteiger partial charge is 0.455 e. The van der Waals surface area contributed by atoms with Gasteiger partial charge >= 0.3 is 5.97 Å². The van der Waals surface area contributed by atoms with E-state index in [9.17, 15) is 14.0 Å². The molecule has 1 heterocycles. The molecule has 27 heavy (non-hydrogen) atoms. The third kappa shape index (κ3) is 5.19. The lowest BCUT2D eigenvalue weighted by Gasteiger charge is -2.37. The van der Waals surface area contributed by atoms with E-state index >= 15 is 0 Å². The number of rotatable bonds is 6. The summed E-state index contributed by atoms with van der Waals surface area (Å²) < 4.78 is 25.2. The lowest BCUT2D eigenvalue weighted by molar-refractivity contribution is -0.150. The van der Waals surface area contributed by atoms with Gasteiger partial charge in [-0.1, -0.05) is 13.0 Å². The number of esters is 1. The number of hydrogen-bond acceptors (Lipinski definition) is 5. The van der Waals surface area contributed by atoms with Crippen molar-refractivity contribution in [3.05, 3.63) is 29.6 Å². The summed E-state index contributed by atoms with van der Waals surface area (Å²) in [5, 5.41) is 2.65. The summed E-state index contributed by atoms with van der Waals surface area (Å²) in [6.45, 7) is 7.09. The minimum Gasteiger partial charge on any atom is -0.455 e. The highest BCUT2D eigenvalue weighted by atomic mass is 19.1. The highest BCUT2D eigenvalue weighted by Crippen LogP contribution is 2.38. The van der Waals surface area contributed by atoms with Crippen LogP contribution in [0.15, 0.2) is 18.2 Å². The Balaban J connectivity index is 1.48. The van der Waals surface area contributed by atoms with E-state index in [0.29, 0.717) is 30.3 Å². The van der Waals surface area contributed by atoms with Crippen molar-refractivity contribution in [3.8, 4) is 0 Å². The average molecular weight is 378 g/mol. The molecule has 4 atom stereocenters. The molecule has 1 N–H and O–H groups in total. The van der Waals surface area contributed by atoms with Crippen LogP contribution in [-0.2, 0) is 25.6 Å². The maximum atomic E-state index is 14.5. The zero-order valence-electron chi connectivity index (χ0n) is 16.0. The van der Waals surface area contributed by atoms with Crippen LogP contribution in [0.4, 0.5) is 10.1 Å². The quantitative estimate of drug-likeness (QED) is 0.769. The van der Waals surface area contributed by atoms with Crippen molar-refractivity contribution in [2.24, 2.45) is 11.8 Å². The number of amides is 1. The molecule has 0 aromatic heterocycles. The van der Waals surface area contributed by atoms with Crippen molar-refractivity contribution in [2.75, 3.05) is 24.6 Å². The van der Waals surface area contributed by atoms with E-state index in [1.165, 1.54) is 6.07 Å². The lowest BCUT2D eigenvalue weighted by atomic mass is 10.1. The average Bonchev–Trinajstić information content (AvgIpc) is 3.34. The molecule has 7 heteroatoms. The van der Waals surface area contributed by atoms with Gasteiger partial charge in [0.1, 0.15) is 5.82 Å². The fourth-order valence-electron chi connectivity index (χ4n) is 3.44. The van der Waals surface area contributed by atoms with Gasteiger partial charge in [0.15, 0.2) is 6.61 Å². The molecule has 0 bridgehead atoms. The molecule has 1 aromatic carbocycles. The zero-order chi connectivity index (χ0) is 19.6. The molecule has 1 aliphatic heterocycles. The molecule has 0 spiro atoms. The van der Waals surface area contributed by atoms with Crippen LogP contribution in [0.2, 0.25) is 0 Å². The molecule has 3 rings (SSSR count). The Kier molecular flexibility index (Phi) is 5.99. The van der Waals surface area contributed by atoms with Gasteiger partial charge in [-0.2, -0.15) is 0 Å². The summed E-state index contributed by atoms with van der Waals surface area (Å²) in [6.07, 6.45) is 0.925. The number of anilines is 1. The fraction of sp³-hybridized carbons (Fsp3) is 0.600. The van der Waals surface area contributed by atoms with Gasteiger partial charge < -0.3 is 19.7 Å². The molecule has 1 saturated carbocycles. The number of nitrogens with one attached hydrogen (secondary N) is 1. The number of carbonyl (C=O) groups excluding carboxylic acids is 2. The molecular weight excluding hydrogens is 351 g/mol. The number of nitrogens with zero attached hydrogens (tertiary/aromatic N) is 1. The molecule has 4 unspecified atom stereocenters. The Labute approximate surface area is 159 Å². The van der Waals surface area contributed by atoms with Gasteiger partial charge in [-0.15, -0.1) is 0 Å². The van der Waals surface area contributed by atoms with Gasteiger partial charge in [-0.25, -0.2) is 4.39 Å². The summed E-state index contributed by atoms with van der Waals surface area (Å²) in [4.78, 5) is 25.4. The molecule has 6 nitrogen and oxygen atoms in total. The summed E-state index contributed by atoms with van der Waals surface area (Å²) in [5.41, 5.74) is 1.20. The van der Waals surface area contributed by atoms with Crippen LogP contribution < -0.4 is 10.2 Å². The van der Waals surface area contributed by atoms with Crippen LogP contribution in [0.5, 0.6) is 0 Å². The molecule has 1 aliphatic carbocycles. The van der Waals surface area contributed by atoms with Gasteiger partial charge in [0.25, 0.3) is 5.91 Å². The Morgan fingerprint density at radius 1 is 1.26 bits per heavy atom. The number of halogens is 1. The highest BCUT2D eigenvalue weighted by Gasteiger charge is 2.40. The minimum atomic E-state index is -0.392. The Morgan fingerprint density at radius 2 is 1.93 bits per heavy atom. The van der Waals surface area contributed by atoms with Crippen molar-refractivity contribution in [3.63, 3.8) is 0 Å². The number of benzene rings is 1. The SMILES string of the molecule is CC1CN(c2ccc(CNC(=O)COC(=O)C3CC3C)cc2F)CC(C)O1. The summed E-state index contributed by atoms with van der Waals surface area (Å²) in [6, 6.07) is 4.95. The van der Waals surface area contributed by atoms with Gasteiger partial charge in [-0.3, -0.25) is 9.59 Å².